The van der Waals surface area contributed by atoms with Gasteiger partial charge < -0.3 is 0 Å². The summed E-state index contributed by atoms with van der Waals surface area (Å²) in [4.78, 5) is 9.22. The van der Waals surface area contributed by atoms with E-state index in [2.05, 4.69) is 26.8 Å². The first-order chi connectivity index (χ1) is 8.83. The van der Waals surface area contributed by atoms with Gasteiger partial charge in [0.1, 0.15) is 12.2 Å². The summed E-state index contributed by atoms with van der Waals surface area (Å²) in [5.74, 6) is 1.81. The maximum atomic E-state index is 5.77. The van der Waals surface area contributed by atoms with Gasteiger partial charge in [-0.15, -0.1) is 11.6 Å². The number of nitrogens with zero attached hydrogens (tertiary/aromatic N) is 5. The molecule has 2 rings (SSSR count). The van der Waals surface area contributed by atoms with Crippen molar-refractivity contribution >= 4 is 11.6 Å². The number of hydrogen-bond donors (Lipinski definition) is 0. The zero-order valence-corrected chi connectivity index (χ0v) is 11.8. The maximum absolute atomic E-state index is 5.77. The van der Waals surface area contributed by atoms with E-state index in [0.717, 1.165) is 63.9 Å². The van der Waals surface area contributed by atoms with Crippen molar-refractivity contribution in [2.45, 2.75) is 26.4 Å². The van der Waals surface area contributed by atoms with Crippen molar-refractivity contribution in [3.63, 3.8) is 0 Å². The molecule has 6 heteroatoms. The molecule has 1 aromatic rings. The van der Waals surface area contributed by atoms with Crippen LogP contribution >= 0.6 is 11.6 Å². The minimum absolute atomic E-state index is 0.727. The van der Waals surface area contributed by atoms with Crippen LogP contribution < -0.4 is 0 Å². The molecule has 0 bridgehead atoms. The summed E-state index contributed by atoms with van der Waals surface area (Å²) in [6, 6.07) is 0. The first-order valence-electron chi connectivity index (χ1n) is 6.71. The highest BCUT2D eigenvalue weighted by Gasteiger charge is 2.18. The van der Waals surface area contributed by atoms with E-state index in [1.807, 2.05) is 4.68 Å². The fourth-order valence-corrected chi connectivity index (χ4v) is 2.54. The van der Waals surface area contributed by atoms with Gasteiger partial charge >= 0.3 is 0 Å². The molecule has 1 aliphatic heterocycles. The molecular formula is C12H22ClN5. The second kappa shape index (κ2) is 7.07. The number of rotatable bonds is 6. The van der Waals surface area contributed by atoms with Gasteiger partial charge in [0, 0.05) is 45.1 Å². The van der Waals surface area contributed by atoms with Gasteiger partial charge in [0.05, 0.1) is 6.54 Å². The minimum atomic E-state index is 0.727. The van der Waals surface area contributed by atoms with Crippen molar-refractivity contribution < 1.29 is 0 Å². The van der Waals surface area contributed by atoms with Crippen LogP contribution in [0.1, 0.15) is 19.2 Å². The zero-order valence-electron chi connectivity index (χ0n) is 11.1. The quantitative estimate of drug-likeness (QED) is 0.725. The van der Waals surface area contributed by atoms with Crippen LogP contribution in [0.4, 0.5) is 0 Å². The molecule has 0 aromatic carbocycles. The Balaban J connectivity index is 1.82. The number of aromatic nitrogens is 3. The van der Waals surface area contributed by atoms with E-state index in [-0.39, 0.29) is 0 Å². The Bertz CT molecular complexity index is 346. The van der Waals surface area contributed by atoms with Gasteiger partial charge in [0.2, 0.25) is 0 Å². The molecule has 0 unspecified atom stereocenters. The molecule has 1 saturated heterocycles. The van der Waals surface area contributed by atoms with Crippen molar-refractivity contribution in [2.24, 2.45) is 0 Å². The summed E-state index contributed by atoms with van der Waals surface area (Å²) < 4.78 is 2.02. The van der Waals surface area contributed by atoms with Crippen LogP contribution in [0.2, 0.25) is 0 Å². The number of piperazine rings is 1. The molecule has 2 heterocycles. The van der Waals surface area contributed by atoms with E-state index in [1.165, 1.54) is 0 Å². The molecule has 0 N–H and O–H groups in total. The van der Waals surface area contributed by atoms with Gasteiger partial charge in [0.15, 0.2) is 0 Å². The Morgan fingerprint density at radius 1 is 1.17 bits per heavy atom. The molecule has 0 amide bonds. The molecule has 102 valence electrons. The third-order valence-corrected chi connectivity index (χ3v) is 3.53. The molecule has 0 saturated carbocycles. The molecule has 5 nitrogen and oxygen atoms in total. The zero-order chi connectivity index (χ0) is 12.8. The summed E-state index contributed by atoms with van der Waals surface area (Å²) in [5.41, 5.74) is 0. The SMILES string of the molecule is CCCn1ncnc1CN1CCN(CCCl)CC1. The lowest BCUT2D eigenvalue weighted by Crippen LogP contribution is -2.46. The van der Waals surface area contributed by atoms with Gasteiger partial charge in [-0.05, 0) is 6.42 Å². The largest absolute Gasteiger partial charge is 0.300 e. The predicted octanol–water partition coefficient (Wildman–Crippen LogP) is 1.04. The van der Waals surface area contributed by atoms with Crippen LogP contribution in [-0.2, 0) is 13.1 Å². The van der Waals surface area contributed by atoms with E-state index < -0.39 is 0 Å². The molecule has 0 spiro atoms. The van der Waals surface area contributed by atoms with Crippen LogP contribution in [0.5, 0.6) is 0 Å². The fraction of sp³-hybridized carbons (Fsp3) is 0.833. The lowest BCUT2D eigenvalue weighted by molar-refractivity contribution is 0.128. The first-order valence-corrected chi connectivity index (χ1v) is 7.24. The normalized spacial score (nSPS) is 18.3. The highest BCUT2D eigenvalue weighted by atomic mass is 35.5. The number of alkyl halides is 1. The Labute approximate surface area is 114 Å². The average molecular weight is 272 g/mol. The molecule has 1 aliphatic rings. The third kappa shape index (κ3) is 3.67. The lowest BCUT2D eigenvalue weighted by Gasteiger charge is -2.33. The van der Waals surface area contributed by atoms with Crippen LogP contribution in [0.25, 0.3) is 0 Å². The van der Waals surface area contributed by atoms with E-state index in [0.29, 0.717) is 0 Å². The predicted molar refractivity (Wildman–Crippen MR) is 72.8 cm³/mol. The van der Waals surface area contributed by atoms with Crippen LogP contribution in [-0.4, -0.2) is 63.2 Å². The van der Waals surface area contributed by atoms with Crippen molar-refractivity contribution in [2.75, 3.05) is 38.6 Å². The topological polar surface area (TPSA) is 37.2 Å². The summed E-state index contributed by atoms with van der Waals surface area (Å²) in [6.45, 7) is 9.43. The minimum Gasteiger partial charge on any atom is -0.300 e. The second-order valence-corrected chi connectivity index (χ2v) is 5.08. The van der Waals surface area contributed by atoms with Gasteiger partial charge in [-0.1, -0.05) is 6.92 Å². The van der Waals surface area contributed by atoms with Gasteiger partial charge in [-0.25, -0.2) is 9.67 Å². The molecule has 1 fully saturated rings. The summed E-state index contributed by atoms with van der Waals surface area (Å²) >= 11 is 5.77. The number of aryl methyl sites for hydroxylation is 1. The van der Waals surface area contributed by atoms with E-state index in [9.17, 15) is 0 Å². The van der Waals surface area contributed by atoms with Crippen LogP contribution in [0.3, 0.4) is 0 Å². The average Bonchev–Trinajstić information content (AvgIpc) is 2.80. The van der Waals surface area contributed by atoms with Crippen molar-refractivity contribution in [3.05, 3.63) is 12.2 Å². The fourth-order valence-electron chi connectivity index (χ4n) is 2.30. The van der Waals surface area contributed by atoms with E-state index in [1.54, 1.807) is 6.33 Å². The first kappa shape index (κ1) is 13.8. The molecular weight excluding hydrogens is 250 g/mol. The molecule has 0 aliphatic carbocycles. The molecule has 0 radical (unpaired) electrons. The van der Waals surface area contributed by atoms with Crippen molar-refractivity contribution in [1.29, 1.82) is 0 Å². The Morgan fingerprint density at radius 2 is 1.89 bits per heavy atom. The standard InChI is InChI=1S/C12H22ClN5/c1-2-4-18-12(14-11-15-18)10-17-8-6-16(5-3-13)7-9-17/h11H,2-10H2,1H3. The monoisotopic (exact) mass is 271 g/mol. The van der Waals surface area contributed by atoms with Crippen LogP contribution in [0.15, 0.2) is 6.33 Å². The Morgan fingerprint density at radius 3 is 2.56 bits per heavy atom. The molecule has 0 atom stereocenters. The highest BCUT2D eigenvalue weighted by molar-refractivity contribution is 6.18. The van der Waals surface area contributed by atoms with Crippen molar-refractivity contribution in [1.82, 2.24) is 24.6 Å². The molecule has 1 aromatic heterocycles. The number of hydrogen-bond acceptors (Lipinski definition) is 4. The second-order valence-electron chi connectivity index (χ2n) is 4.71. The van der Waals surface area contributed by atoms with Crippen LogP contribution in [0, 0.1) is 0 Å². The van der Waals surface area contributed by atoms with Crippen molar-refractivity contribution in [3.8, 4) is 0 Å². The maximum Gasteiger partial charge on any atom is 0.141 e. The highest BCUT2D eigenvalue weighted by Crippen LogP contribution is 2.07. The lowest BCUT2D eigenvalue weighted by atomic mass is 10.3. The molecule has 18 heavy (non-hydrogen) atoms. The van der Waals surface area contributed by atoms with Gasteiger partial charge in [-0.2, -0.15) is 5.10 Å². The summed E-state index contributed by atoms with van der Waals surface area (Å²) in [7, 11) is 0. The van der Waals surface area contributed by atoms with E-state index in [4.69, 9.17) is 11.6 Å². The van der Waals surface area contributed by atoms with Gasteiger partial charge in [0.25, 0.3) is 0 Å². The summed E-state index contributed by atoms with van der Waals surface area (Å²) in [5, 5.41) is 4.27. The van der Waals surface area contributed by atoms with Gasteiger partial charge in [-0.3, -0.25) is 9.80 Å². The summed E-state index contributed by atoms with van der Waals surface area (Å²) in [6.07, 6.45) is 2.76. The van der Waals surface area contributed by atoms with E-state index >= 15 is 0 Å². The smallest absolute Gasteiger partial charge is 0.141 e. The Kier molecular flexibility index (Phi) is 5.41. The number of halogens is 1. The third-order valence-electron chi connectivity index (χ3n) is 3.36. The Hall–Kier alpha value is -0.650.